The zero-order valence-corrected chi connectivity index (χ0v) is 18.6. The molecule has 31 heavy (non-hydrogen) atoms. The van der Waals surface area contributed by atoms with Crippen molar-refractivity contribution in [2.45, 2.75) is 5.16 Å². The van der Waals surface area contributed by atoms with Crippen LogP contribution in [0.3, 0.4) is 0 Å². The van der Waals surface area contributed by atoms with Crippen LogP contribution < -0.4 is 5.32 Å². The number of nitrogens with one attached hydrogen (secondary N) is 1. The van der Waals surface area contributed by atoms with Crippen LogP contribution in [0, 0.1) is 0 Å². The quantitative estimate of drug-likeness (QED) is 0.250. The van der Waals surface area contributed by atoms with Gasteiger partial charge in [0.25, 0.3) is 0 Å². The maximum Gasteiger partial charge on any atom is 0.234 e. The Hall–Kier alpha value is -2.86. The number of nitrogens with zero attached hydrogens (tertiary/aromatic N) is 2. The monoisotopic (exact) mass is 465 g/mol. The molecule has 1 aromatic heterocycles. The molecule has 0 bridgehead atoms. The van der Waals surface area contributed by atoms with Gasteiger partial charge in [-0.3, -0.25) is 4.79 Å². The van der Waals surface area contributed by atoms with E-state index in [-0.39, 0.29) is 11.7 Å². The molecule has 0 spiro atoms. The molecule has 0 aliphatic heterocycles. The topological polar surface area (TPSA) is 54.9 Å². The van der Waals surface area contributed by atoms with Crippen molar-refractivity contribution in [3.63, 3.8) is 0 Å². The third kappa shape index (κ3) is 5.64. The number of halogens is 2. The van der Waals surface area contributed by atoms with E-state index in [0.29, 0.717) is 20.9 Å². The van der Waals surface area contributed by atoms with Gasteiger partial charge < -0.3 is 5.32 Å². The lowest BCUT2D eigenvalue weighted by Gasteiger charge is -2.09. The van der Waals surface area contributed by atoms with Crippen molar-refractivity contribution in [3.05, 3.63) is 95.0 Å². The van der Waals surface area contributed by atoms with Crippen molar-refractivity contribution in [2.24, 2.45) is 0 Å². The maximum absolute atomic E-state index is 12.4. The average Bonchev–Trinajstić information content (AvgIpc) is 2.81. The Labute approximate surface area is 194 Å². The Morgan fingerprint density at radius 1 is 0.774 bits per heavy atom. The molecule has 0 fully saturated rings. The third-order valence-corrected chi connectivity index (χ3v) is 5.97. The Morgan fingerprint density at radius 2 is 1.35 bits per heavy atom. The number of aromatic nitrogens is 2. The molecule has 1 amide bonds. The molecule has 0 saturated heterocycles. The summed E-state index contributed by atoms with van der Waals surface area (Å²) in [6, 6.07) is 26.7. The molecule has 0 radical (unpaired) electrons. The van der Waals surface area contributed by atoms with Crippen molar-refractivity contribution < 1.29 is 4.79 Å². The summed E-state index contributed by atoms with van der Waals surface area (Å²) in [5.74, 6) is -0.0226. The van der Waals surface area contributed by atoms with Gasteiger partial charge in [-0.05, 0) is 24.3 Å². The number of anilines is 1. The highest BCUT2D eigenvalue weighted by Gasteiger charge is 2.11. The van der Waals surface area contributed by atoms with Gasteiger partial charge in [0, 0.05) is 16.8 Å². The van der Waals surface area contributed by atoms with Gasteiger partial charge in [0.1, 0.15) is 0 Å². The largest absolute Gasteiger partial charge is 0.325 e. The lowest BCUT2D eigenvalue weighted by atomic mass is 10.1. The van der Waals surface area contributed by atoms with Gasteiger partial charge in [-0.1, -0.05) is 95.6 Å². The van der Waals surface area contributed by atoms with E-state index in [1.54, 1.807) is 18.2 Å². The summed E-state index contributed by atoms with van der Waals surface area (Å²) >= 11 is 13.2. The Balaban J connectivity index is 1.55. The molecule has 1 heterocycles. The third-order valence-electron chi connectivity index (χ3n) is 4.38. The maximum atomic E-state index is 12.4. The molecular formula is C24H17Cl2N3OS. The van der Waals surface area contributed by atoms with Gasteiger partial charge in [-0.15, -0.1) is 0 Å². The van der Waals surface area contributed by atoms with Gasteiger partial charge in [0.2, 0.25) is 5.91 Å². The number of carbonyl (C=O) groups is 1. The SMILES string of the molecule is O=C(CSc1nc(-c2ccccc2)cc(-c2ccccc2)n1)Nc1ccc(Cl)c(Cl)c1. The van der Waals surface area contributed by atoms with E-state index >= 15 is 0 Å². The van der Waals surface area contributed by atoms with Gasteiger partial charge in [-0.25, -0.2) is 9.97 Å². The standard InChI is InChI=1S/C24H17Cl2N3OS/c25-19-12-11-18(13-20(19)26)27-23(30)15-31-24-28-21(16-7-3-1-4-8-16)14-22(29-24)17-9-5-2-6-10-17/h1-14H,15H2,(H,27,30). The first-order chi connectivity index (χ1) is 15.1. The summed E-state index contributed by atoms with van der Waals surface area (Å²) in [4.78, 5) is 21.8. The normalized spacial score (nSPS) is 10.6. The highest BCUT2D eigenvalue weighted by Crippen LogP contribution is 2.28. The molecule has 7 heteroatoms. The van der Waals surface area contributed by atoms with E-state index in [1.807, 2.05) is 66.7 Å². The van der Waals surface area contributed by atoms with Crippen molar-refractivity contribution in [3.8, 4) is 22.5 Å². The minimum absolute atomic E-state index is 0.159. The molecule has 0 atom stereocenters. The van der Waals surface area contributed by atoms with E-state index in [2.05, 4.69) is 15.3 Å². The summed E-state index contributed by atoms with van der Waals surface area (Å²) in [5, 5.41) is 4.17. The number of rotatable bonds is 6. The number of benzene rings is 3. The van der Waals surface area contributed by atoms with Crippen LogP contribution in [-0.4, -0.2) is 21.6 Å². The van der Waals surface area contributed by atoms with Crippen molar-refractivity contribution in [1.82, 2.24) is 9.97 Å². The summed E-state index contributed by atoms with van der Waals surface area (Å²) < 4.78 is 0. The molecular weight excluding hydrogens is 449 g/mol. The van der Waals surface area contributed by atoms with E-state index < -0.39 is 0 Å². The number of amides is 1. The molecule has 154 valence electrons. The Bertz CT molecular complexity index is 1150. The fraction of sp³-hybridized carbons (Fsp3) is 0.0417. The van der Waals surface area contributed by atoms with Gasteiger partial charge in [0.05, 0.1) is 27.2 Å². The molecule has 4 nitrogen and oxygen atoms in total. The first-order valence-electron chi connectivity index (χ1n) is 9.46. The van der Waals surface area contributed by atoms with Crippen LogP contribution in [0.15, 0.2) is 90.1 Å². The first kappa shape index (κ1) is 21.4. The van der Waals surface area contributed by atoms with Gasteiger partial charge >= 0.3 is 0 Å². The summed E-state index contributed by atoms with van der Waals surface area (Å²) in [6.45, 7) is 0. The molecule has 0 saturated carbocycles. The average molecular weight is 466 g/mol. The van der Waals surface area contributed by atoms with Gasteiger partial charge in [0.15, 0.2) is 5.16 Å². The second-order valence-corrected chi connectivity index (χ2v) is 8.38. The second-order valence-electron chi connectivity index (χ2n) is 6.62. The minimum Gasteiger partial charge on any atom is -0.325 e. The fourth-order valence-corrected chi connectivity index (χ4v) is 3.86. The smallest absolute Gasteiger partial charge is 0.234 e. The van der Waals surface area contributed by atoms with Crippen LogP contribution >= 0.6 is 35.0 Å². The minimum atomic E-state index is -0.182. The van der Waals surface area contributed by atoms with Crippen LogP contribution in [0.4, 0.5) is 5.69 Å². The predicted molar refractivity (Wildman–Crippen MR) is 129 cm³/mol. The van der Waals surface area contributed by atoms with Crippen LogP contribution in [0.25, 0.3) is 22.5 Å². The van der Waals surface area contributed by atoms with Crippen LogP contribution in [0.2, 0.25) is 10.0 Å². The van der Waals surface area contributed by atoms with Crippen molar-refractivity contribution in [1.29, 1.82) is 0 Å². The highest BCUT2D eigenvalue weighted by atomic mass is 35.5. The van der Waals surface area contributed by atoms with Crippen molar-refractivity contribution >= 4 is 46.6 Å². The van der Waals surface area contributed by atoms with Crippen LogP contribution in [0.5, 0.6) is 0 Å². The van der Waals surface area contributed by atoms with E-state index in [1.165, 1.54) is 11.8 Å². The highest BCUT2D eigenvalue weighted by molar-refractivity contribution is 7.99. The molecule has 4 rings (SSSR count). The van der Waals surface area contributed by atoms with E-state index in [4.69, 9.17) is 23.2 Å². The second kappa shape index (κ2) is 9.96. The molecule has 0 aliphatic rings. The lowest BCUT2D eigenvalue weighted by Crippen LogP contribution is -2.14. The fourth-order valence-electron chi connectivity index (χ4n) is 2.90. The Kier molecular flexibility index (Phi) is 6.87. The molecule has 4 aromatic rings. The van der Waals surface area contributed by atoms with E-state index in [0.717, 1.165) is 22.5 Å². The summed E-state index contributed by atoms with van der Waals surface area (Å²) in [6.07, 6.45) is 0. The summed E-state index contributed by atoms with van der Waals surface area (Å²) in [7, 11) is 0. The number of hydrogen-bond acceptors (Lipinski definition) is 4. The number of thioether (sulfide) groups is 1. The molecule has 3 aromatic carbocycles. The predicted octanol–water partition coefficient (Wildman–Crippen LogP) is 6.85. The number of hydrogen-bond donors (Lipinski definition) is 1. The molecule has 1 N–H and O–H groups in total. The van der Waals surface area contributed by atoms with Crippen LogP contribution in [-0.2, 0) is 4.79 Å². The van der Waals surface area contributed by atoms with E-state index in [9.17, 15) is 4.79 Å². The van der Waals surface area contributed by atoms with Crippen LogP contribution in [0.1, 0.15) is 0 Å². The first-order valence-corrected chi connectivity index (χ1v) is 11.2. The zero-order chi connectivity index (χ0) is 21.6. The number of carbonyl (C=O) groups excluding carboxylic acids is 1. The lowest BCUT2D eigenvalue weighted by molar-refractivity contribution is -0.113. The van der Waals surface area contributed by atoms with Crippen molar-refractivity contribution in [2.75, 3.05) is 11.1 Å². The molecule has 0 unspecified atom stereocenters. The van der Waals surface area contributed by atoms with Gasteiger partial charge in [-0.2, -0.15) is 0 Å². The molecule has 0 aliphatic carbocycles. The zero-order valence-electron chi connectivity index (χ0n) is 16.3. The Morgan fingerprint density at radius 3 is 1.90 bits per heavy atom. The summed E-state index contributed by atoms with van der Waals surface area (Å²) in [5.41, 5.74) is 4.18.